The van der Waals surface area contributed by atoms with E-state index in [0.29, 0.717) is 12.2 Å². The quantitative estimate of drug-likeness (QED) is 0.639. The molecule has 0 radical (unpaired) electrons. The van der Waals surface area contributed by atoms with Gasteiger partial charge in [-0.25, -0.2) is 0 Å². The Morgan fingerprint density at radius 2 is 2.17 bits per heavy atom. The molecular formula is C12H19NO4S. The molecule has 0 aliphatic carbocycles. The molecule has 0 aromatic carbocycles. The van der Waals surface area contributed by atoms with Gasteiger partial charge in [0.25, 0.3) is 0 Å². The fourth-order valence-corrected chi connectivity index (χ4v) is 2.52. The summed E-state index contributed by atoms with van der Waals surface area (Å²) in [4.78, 5) is 10.3. The SMILES string of the molecule is CC(C)(C)Oc1cscc1C(CCO)C[N+](=O)[O-]. The number of aliphatic hydroxyl groups is 1. The van der Waals surface area contributed by atoms with Gasteiger partial charge in [-0.15, -0.1) is 11.3 Å². The molecule has 6 heteroatoms. The minimum atomic E-state index is -0.348. The largest absolute Gasteiger partial charge is 0.487 e. The molecule has 1 atom stereocenters. The Morgan fingerprint density at radius 3 is 2.67 bits per heavy atom. The third-order valence-electron chi connectivity index (χ3n) is 2.36. The topological polar surface area (TPSA) is 72.6 Å². The lowest BCUT2D eigenvalue weighted by atomic mass is 9.98. The standard InChI is InChI=1S/C12H19NO4S/c1-12(2,3)17-11-8-18-7-10(11)9(4-5-14)6-13(15)16/h7-9,14H,4-6H2,1-3H3. The molecule has 0 aliphatic heterocycles. The zero-order chi connectivity index (χ0) is 13.8. The first-order chi connectivity index (χ1) is 8.33. The number of nitro groups is 1. The van der Waals surface area contributed by atoms with Crippen LogP contribution in [0.3, 0.4) is 0 Å². The molecule has 0 saturated heterocycles. The van der Waals surface area contributed by atoms with Gasteiger partial charge in [-0.3, -0.25) is 10.1 Å². The van der Waals surface area contributed by atoms with Crippen LogP contribution in [0.15, 0.2) is 10.8 Å². The molecule has 0 saturated carbocycles. The lowest BCUT2D eigenvalue weighted by molar-refractivity contribution is -0.483. The average Bonchev–Trinajstić information content (AvgIpc) is 2.61. The summed E-state index contributed by atoms with van der Waals surface area (Å²) in [5, 5.41) is 23.4. The zero-order valence-corrected chi connectivity index (χ0v) is 11.7. The number of aliphatic hydroxyl groups excluding tert-OH is 1. The van der Waals surface area contributed by atoms with Crippen LogP contribution in [0.4, 0.5) is 0 Å². The van der Waals surface area contributed by atoms with E-state index in [9.17, 15) is 10.1 Å². The number of nitrogens with zero attached hydrogens (tertiary/aromatic N) is 1. The van der Waals surface area contributed by atoms with E-state index < -0.39 is 0 Å². The van der Waals surface area contributed by atoms with Gasteiger partial charge in [0.2, 0.25) is 6.54 Å². The molecule has 1 N–H and O–H groups in total. The third kappa shape index (κ3) is 4.62. The molecule has 1 rings (SSSR count). The smallest absolute Gasteiger partial charge is 0.210 e. The van der Waals surface area contributed by atoms with E-state index in [1.807, 2.05) is 31.5 Å². The van der Waals surface area contributed by atoms with Crippen molar-refractivity contribution in [3.05, 3.63) is 26.4 Å². The van der Waals surface area contributed by atoms with Crippen molar-refractivity contribution in [3.63, 3.8) is 0 Å². The monoisotopic (exact) mass is 273 g/mol. The molecule has 1 unspecified atom stereocenters. The fraction of sp³-hybridized carbons (Fsp3) is 0.667. The van der Waals surface area contributed by atoms with Crippen molar-refractivity contribution in [1.82, 2.24) is 0 Å². The van der Waals surface area contributed by atoms with Crippen molar-refractivity contribution in [1.29, 1.82) is 0 Å². The Kier molecular flexibility index (Phi) is 5.10. The van der Waals surface area contributed by atoms with E-state index in [1.54, 1.807) is 0 Å². The Morgan fingerprint density at radius 1 is 1.50 bits per heavy atom. The third-order valence-corrected chi connectivity index (χ3v) is 3.10. The highest BCUT2D eigenvalue weighted by Gasteiger charge is 2.24. The van der Waals surface area contributed by atoms with Crippen molar-refractivity contribution in [2.45, 2.75) is 38.7 Å². The molecular weight excluding hydrogens is 254 g/mol. The first-order valence-electron chi connectivity index (χ1n) is 5.81. The molecule has 102 valence electrons. The van der Waals surface area contributed by atoms with E-state index >= 15 is 0 Å². The second kappa shape index (κ2) is 6.15. The van der Waals surface area contributed by atoms with Gasteiger partial charge in [0.15, 0.2) is 0 Å². The summed E-state index contributed by atoms with van der Waals surface area (Å²) in [6, 6.07) is 0. The van der Waals surface area contributed by atoms with E-state index in [0.717, 1.165) is 5.56 Å². The molecule has 1 aromatic heterocycles. The highest BCUT2D eigenvalue weighted by atomic mass is 32.1. The van der Waals surface area contributed by atoms with Crippen LogP contribution in [0.5, 0.6) is 5.75 Å². The molecule has 5 nitrogen and oxygen atoms in total. The van der Waals surface area contributed by atoms with Crippen molar-refractivity contribution >= 4 is 11.3 Å². The van der Waals surface area contributed by atoms with Crippen LogP contribution < -0.4 is 4.74 Å². The summed E-state index contributed by atoms with van der Waals surface area (Å²) in [7, 11) is 0. The lowest BCUT2D eigenvalue weighted by Gasteiger charge is -2.23. The summed E-state index contributed by atoms with van der Waals surface area (Å²) >= 11 is 1.46. The summed E-state index contributed by atoms with van der Waals surface area (Å²) in [6.45, 7) is 5.55. The van der Waals surface area contributed by atoms with Crippen LogP contribution in [-0.4, -0.2) is 28.8 Å². The Hall–Kier alpha value is -1.14. The van der Waals surface area contributed by atoms with E-state index in [4.69, 9.17) is 9.84 Å². The first-order valence-corrected chi connectivity index (χ1v) is 6.75. The Labute approximate surface area is 111 Å². The van der Waals surface area contributed by atoms with E-state index in [-0.39, 0.29) is 29.6 Å². The normalized spacial score (nSPS) is 13.3. The second-order valence-corrected chi connectivity index (χ2v) is 5.87. The molecule has 1 heterocycles. The predicted molar refractivity (Wildman–Crippen MR) is 71.0 cm³/mol. The Balaban J connectivity index is 2.91. The van der Waals surface area contributed by atoms with Gasteiger partial charge in [-0.2, -0.15) is 0 Å². The Bertz CT molecular complexity index is 397. The molecule has 0 aliphatic rings. The van der Waals surface area contributed by atoms with Crippen LogP contribution in [0.1, 0.15) is 38.7 Å². The summed E-state index contributed by atoms with van der Waals surface area (Å²) in [5.41, 5.74) is 0.481. The van der Waals surface area contributed by atoms with Gasteiger partial charge in [-0.1, -0.05) is 0 Å². The number of hydrogen-bond donors (Lipinski definition) is 1. The highest BCUT2D eigenvalue weighted by Crippen LogP contribution is 2.34. The first kappa shape index (κ1) is 14.9. The predicted octanol–water partition coefficient (Wildman–Crippen LogP) is 2.67. The molecule has 0 amide bonds. The number of thiophene rings is 1. The maximum Gasteiger partial charge on any atom is 0.210 e. The van der Waals surface area contributed by atoms with Crippen LogP contribution in [0, 0.1) is 10.1 Å². The second-order valence-electron chi connectivity index (χ2n) is 5.13. The van der Waals surface area contributed by atoms with Crippen molar-refractivity contribution in [2.75, 3.05) is 13.2 Å². The minimum absolute atomic E-state index is 0.0662. The van der Waals surface area contributed by atoms with Crippen LogP contribution in [-0.2, 0) is 0 Å². The number of hydrogen-bond acceptors (Lipinski definition) is 5. The van der Waals surface area contributed by atoms with Gasteiger partial charge in [-0.05, 0) is 32.6 Å². The van der Waals surface area contributed by atoms with Gasteiger partial charge in [0.05, 0.1) is 5.92 Å². The van der Waals surface area contributed by atoms with E-state index in [2.05, 4.69) is 0 Å². The summed E-state index contributed by atoms with van der Waals surface area (Å²) in [5.74, 6) is 0.390. The van der Waals surface area contributed by atoms with Crippen molar-refractivity contribution in [3.8, 4) is 5.75 Å². The average molecular weight is 273 g/mol. The lowest BCUT2D eigenvalue weighted by Crippen LogP contribution is -2.24. The van der Waals surface area contributed by atoms with Crippen molar-refractivity contribution < 1.29 is 14.8 Å². The zero-order valence-electron chi connectivity index (χ0n) is 10.9. The van der Waals surface area contributed by atoms with Gasteiger partial charge >= 0.3 is 0 Å². The minimum Gasteiger partial charge on any atom is -0.487 e. The van der Waals surface area contributed by atoms with Crippen LogP contribution in [0.25, 0.3) is 0 Å². The van der Waals surface area contributed by atoms with Gasteiger partial charge < -0.3 is 9.84 Å². The molecule has 0 bridgehead atoms. The maximum absolute atomic E-state index is 10.7. The van der Waals surface area contributed by atoms with E-state index in [1.165, 1.54) is 11.3 Å². The van der Waals surface area contributed by atoms with Gasteiger partial charge in [0, 0.05) is 22.5 Å². The number of ether oxygens (including phenoxy) is 1. The number of rotatable bonds is 6. The molecule has 0 spiro atoms. The highest BCUT2D eigenvalue weighted by molar-refractivity contribution is 7.08. The van der Waals surface area contributed by atoms with Crippen LogP contribution in [0.2, 0.25) is 0 Å². The van der Waals surface area contributed by atoms with Gasteiger partial charge in [0.1, 0.15) is 11.4 Å². The maximum atomic E-state index is 10.7. The molecule has 1 aromatic rings. The van der Waals surface area contributed by atoms with Crippen LogP contribution >= 0.6 is 11.3 Å². The molecule has 18 heavy (non-hydrogen) atoms. The van der Waals surface area contributed by atoms with Crippen molar-refractivity contribution in [2.24, 2.45) is 0 Å². The fourth-order valence-electron chi connectivity index (χ4n) is 1.69. The summed E-state index contributed by atoms with van der Waals surface area (Å²) in [6.07, 6.45) is 0.373. The molecule has 0 fully saturated rings. The summed E-state index contributed by atoms with van der Waals surface area (Å²) < 4.78 is 5.79.